The third-order valence-electron chi connectivity index (χ3n) is 3.07. The van der Waals surface area contributed by atoms with Crippen LogP contribution in [0.25, 0.3) is 0 Å². The Bertz CT molecular complexity index is 476. The Morgan fingerprint density at radius 3 is 3.06 bits per heavy atom. The molecule has 0 atom stereocenters. The van der Waals surface area contributed by atoms with Crippen molar-refractivity contribution in [3.8, 4) is 0 Å². The minimum absolute atomic E-state index is 0.0504. The quantitative estimate of drug-likeness (QED) is 0.880. The van der Waals surface area contributed by atoms with E-state index < -0.39 is 0 Å². The van der Waals surface area contributed by atoms with Crippen LogP contribution in [0.2, 0.25) is 0 Å². The summed E-state index contributed by atoms with van der Waals surface area (Å²) in [7, 11) is 1.78. The number of fused-ring (bicyclic) bond motifs is 1. The van der Waals surface area contributed by atoms with Crippen LogP contribution in [0.15, 0.2) is 26.1 Å². The fourth-order valence-electron chi connectivity index (χ4n) is 2.02. The van der Waals surface area contributed by atoms with E-state index in [0.717, 1.165) is 29.9 Å². The van der Waals surface area contributed by atoms with Gasteiger partial charge in [-0.1, -0.05) is 0 Å². The molecule has 0 spiro atoms. The third kappa shape index (κ3) is 1.75. The molecule has 1 aliphatic heterocycles. The maximum atomic E-state index is 5.27. The van der Waals surface area contributed by atoms with Gasteiger partial charge in [-0.2, -0.15) is 0 Å². The molecule has 1 aliphatic carbocycles. The van der Waals surface area contributed by atoms with Gasteiger partial charge in [-0.05, 0) is 0 Å². The average Bonchev–Trinajstić information content (AvgIpc) is 2.71. The Morgan fingerprint density at radius 2 is 2.25 bits per heavy atom. The molecule has 1 aromatic carbocycles. The van der Waals surface area contributed by atoms with Crippen molar-refractivity contribution >= 4 is 31.6 Å². The van der Waals surface area contributed by atoms with Crippen molar-refractivity contribution in [3.63, 3.8) is 0 Å². The van der Waals surface area contributed by atoms with Crippen LogP contribution in [-0.4, -0.2) is 33.8 Å². The first kappa shape index (κ1) is 10.3. The van der Waals surface area contributed by atoms with Gasteiger partial charge < -0.3 is 0 Å². The predicted octanol–water partition coefficient (Wildman–Crippen LogP) is 2.62. The Labute approximate surface area is 100 Å². The van der Waals surface area contributed by atoms with Gasteiger partial charge in [0.05, 0.1) is 0 Å². The Balaban J connectivity index is 1.72. The van der Waals surface area contributed by atoms with Crippen molar-refractivity contribution in [2.45, 2.75) is 25.0 Å². The molecule has 1 heterocycles. The van der Waals surface area contributed by atoms with Crippen molar-refractivity contribution in [1.82, 2.24) is 0 Å². The number of benzene rings is 1. The zero-order chi connectivity index (χ0) is 11.0. The molecule has 1 N–H and O–H groups in total. The van der Waals surface area contributed by atoms with E-state index in [1.165, 1.54) is 0 Å². The van der Waals surface area contributed by atoms with Gasteiger partial charge in [-0.25, -0.2) is 0 Å². The Hall–Kier alpha value is -0.901. The zero-order valence-corrected chi connectivity index (χ0v) is 10.7. The van der Waals surface area contributed by atoms with Crippen LogP contribution >= 0.6 is 0 Å². The molecular formula is C11H13N3OSe. The molecule has 16 heavy (non-hydrogen) atoms. The van der Waals surface area contributed by atoms with Gasteiger partial charge in [0.15, 0.2) is 0 Å². The van der Waals surface area contributed by atoms with Crippen molar-refractivity contribution in [2.75, 3.05) is 12.4 Å². The molecule has 0 amide bonds. The molecule has 0 unspecified atom stereocenters. The van der Waals surface area contributed by atoms with E-state index in [1.807, 2.05) is 12.1 Å². The van der Waals surface area contributed by atoms with E-state index in [4.69, 9.17) is 4.74 Å². The first-order valence-electron chi connectivity index (χ1n) is 5.37. The maximum absolute atomic E-state index is 5.27. The molecule has 0 saturated heterocycles. The average molecular weight is 282 g/mol. The van der Waals surface area contributed by atoms with E-state index in [9.17, 15) is 0 Å². The molecule has 5 heteroatoms. The predicted molar refractivity (Wildman–Crippen MR) is 63.8 cm³/mol. The van der Waals surface area contributed by atoms with Gasteiger partial charge in [0.1, 0.15) is 0 Å². The summed E-state index contributed by atoms with van der Waals surface area (Å²) in [6, 6.07) is 6.67. The summed E-state index contributed by atoms with van der Waals surface area (Å²) < 4.78 is 14.1. The second-order valence-electron chi connectivity index (χ2n) is 4.11. The molecule has 0 aromatic heterocycles. The number of ether oxygens (including phenoxy) is 1. The molecule has 2 aliphatic rings. The summed E-state index contributed by atoms with van der Waals surface area (Å²) in [6.07, 6.45) is 2.60. The van der Waals surface area contributed by atoms with Crippen LogP contribution in [0.5, 0.6) is 0 Å². The van der Waals surface area contributed by atoms with Gasteiger partial charge in [0.25, 0.3) is 0 Å². The van der Waals surface area contributed by atoms with E-state index >= 15 is 0 Å². The van der Waals surface area contributed by atoms with Crippen LogP contribution in [-0.2, 0) is 4.74 Å². The molecule has 1 aromatic rings. The first-order chi connectivity index (χ1) is 7.86. The molecule has 84 valence electrons. The summed E-state index contributed by atoms with van der Waals surface area (Å²) >= 11 is 0.0504. The number of hydrogen-bond donors (Lipinski definition) is 1. The molecule has 1 saturated carbocycles. The summed E-state index contributed by atoms with van der Waals surface area (Å²) in [5, 5.41) is 3.52. The third-order valence-corrected chi connectivity index (χ3v) is 4.21. The monoisotopic (exact) mass is 283 g/mol. The molecule has 1 fully saturated rings. The number of nitrogens with zero attached hydrogens (tertiary/aromatic N) is 2. The van der Waals surface area contributed by atoms with Crippen LogP contribution < -0.4 is 5.32 Å². The standard InChI is InChI=1S/C11H13N3OSe/c1-15-8-5-7(6-8)12-9-3-2-4-10-11(9)14-16-13-10/h2-4,7-8,12H,5-6H2,1H3. The first-order valence-corrected chi connectivity index (χ1v) is 6.90. The number of rotatable bonds is 3. The van der Waals surface area contributed by atoms with E-state index in [1.54, 1.807) is 7.11 Å². The second kappa shape index (κ2) is 4.17. The summed E-state index contributed by atoms with van der Waals surface area (Å²) in [4.78, 5) is 0. The molecule has 3 rings (SSSR count). The van der Waals surface area contributed by atoms with Crippen molar-refractivity contribution in [3.05, 3.63) is 18.2 Å². The summed E-state index contributed by atoms with van der Waals surface area (Å²) in [5.41, 5.74) is 3.20. The Morgan fingerprint density at radius 1 is 1.38 bits per heavy atom. The number of hydrogen-bond acceptors (Lipinski definition) is 4. The van der Waals surface area contributed by atoms with Gasteiger partial charge in [0, 0.05) is 0 Å². The van der Waals surface area contributed by atoms with Crippen molar-refractivity contribution in [2.24, 2.45) is 7.92 Å². The number of nitrogens with one attached hydrogen (secondary N) is 1. The minimum atomic E-state index is 0.0504. The molecular weight excluding hydrogens is 269 g/mol. The van der Waals surface area contributed by atoms with Crippen molar-refractivity contribution < 1.29 is 4.74 Å². The van der Waals surface area contributed by atoms with E-state index in [2.05, 4.69) is 19.3 Å². The topological polar surface area (TPSA) is 46.0 Å². The van der Waals surface area contributed by atoms with Gasteiger partial charge in [0.2, 0.25) is 0 Å². The summed E-state index contributed by atoms with van der Waals surface area (Å²) in [5.74, 6) is 0. The molecule has 4 nitrogen and oxygen atoms in total. The van der Waals surface area contributed by atoms with E-state index in [-0.39, 0.29) is 14.6 Å². The van der Waals surface area contributed by atoms with Gasteiger partial charge in [-0.15, -0.1) is 0 Å². The summed E-state index contributed by atoms with van der Waals surface area (Å²) in [6.45, 7) is 0. The zero-order valence-electron chi connectivity index (χ0n) is 9.01. The van der Waals surface area contributed by atoms with Crippen LogP contribution in [0.3, 0.4) is 0 Å². The van der Waals surface area contributed by atoms with Gasteiger partial charge in [-0.3, -0.25) is 0 Å². The SMILES string of the molecule is COC1CC(Nc2cccc3c2N=[Se]=N3)C1. The van der Waals surface area contributed by atoms with Crippen LogP contribution in [0.1, 0.15) is 12.8 Å². The fourth-order valence-corrected chi connectivity index (χ4v) is 3.17. The van der Waals surface area contributed by atoms with Gasteiger partial charge >= 0.3 is 99.9 Å². The number of anilines is 1. The van der Waals surface area contributed by atoms with Crippen LogP contribution in [0.4, 0.5) is 17.1 Å². The number of methoxy groups -OCH3 is 1. The Kier molecular flexibility index (Phi) is 2.67. The van der Waals surface area contributed by atoms with Crippen molar-refractivity contribution in [1.29, 1.82) is 0 Å². The fraction of sp³-hybridized carbons (Fsp3) is 0.455. The van der Waals surface area contributed by atoms with E-state index in [0.29, 0.717) is 12.1 Å². The molecule has 0 bridgehead atoms. The normalized spacial score (nSPS) is 25.8. The van der Waals surface area contributed by atoms with Crippen LogP contribution in [0, 0.1) is 0 Å². The molecule has 0 radical (unpaired) electrons. The second-order valence-corrected chi connectivity index (χ2v) is 5.22.